The summed E-state index contributed by atoms with van der Waals surface area (Å²) < 4.78 is 12.1. The Labute approximate surface area is 182 Å². The van der Waals surface area contributed by atoms with Crippen molar-refractivity contribution in [3.05, 3.63) is 75.6 Å². The molecule has 0 saturated heterocycles. The Bertz CT molecular complexity index is 983. The first-order valence-corrected chi connectivity index (χ1v) is 10.2. The molecule has 0 spiro atoms. The summed E-state index contributed by atoms with van der Waals surface area (Å²) >= 11 is 9.30. The number of ether oxygens (including phenoxy) is 2. The normalized spacial score (nSPS) is 10.4. The van der Waals surface area contributed by atoms with E-state index >= 15 is 0 Å². The number of hydrogen-bond donors (Lipinski definition) is 1. The molecule has 3 rings (SSSR count). The second-order valence-electron chi connectivity index (χ2n) is 6.06. The number of hydrogen-bond acceptors (Lipinski definition) is 5. The monoisotopic (exact) mass is 475 g/mol. The van der Waals surface area contributed by atoms with Crippen molar-refractivity contribution in [2.75, 3.05) is 6.61 Å². The molecule has 0 radical (unpaired) electrons. The lowest BCUT2D eigenvalue weighted by Gasteiger charge is -2.12. The highest BCUT2D eigenvalue weighted by molar-refractivity contribution is 9.10. The molecule has 2 heterocycles. The van der Waals surface area contributed by atoms with Crippen molar-refractivity contribution in [3.63, 3.8) is 0 Å². The zero-order valence-electron chi connectivity index (χ0n) is 15.7. The fourth-order valence-corrected chi connectivity index (χ4v) is 2.96. The van der Waals surface area contributed by atoms with Crippen LogP contribution in [0.2, 0.25) is 5.15 Å². The summed E-state index contributed by atoms with van der Waals surface area (Å²) in [6, 6.07) is 12.6. The Morgan fingerprint density at radius 3 is 2.69 bits per heavy atom. The predicted octanol–water partition coefficient (Wildman–Crippen LogP) is 5.40. The van der Waals surface area contributed by atoms with E-state index in [1.165, 1.54) is 6.20 Å². The van der Waals surface area contributed by atoms with Gasteiger partial charge in [-0.3, -0.25) is 4.79 Å². The average Bonchev–Trinajstić information content (AvgIpc) is 2.74. The van der Waals surface area contributed by atoms with E-state index in [0.29, 0.717) is 22.7 Å². The molecule has 0 aliphatic heterocycles. The van der Waals surface area contributed by atoms with Gasteiger partial charge in [0.05, 0.1) is 12.2 Å². The standard InChI is InChI=1S/C21H19BrClN3O3/c1-2-10-28-16-5-7-17(8-6-16)29-21-14(4-3-9-24-21)12-26-20(27)18-11-15(22)13-25-19(18)23/h3-9,11,13H,2,10,12H2,1H3,(H,26,27). The molecule has 0 aliphatic rings. The molecule has 0 fully saturated rings. The lowest BCUT2D eigenvalue weighted by molar-refractivity contribution is 0.0950. The van der Waals surface area contributed by atoms with Crippen LogP contribution < -0.4 is 14.8 Å². The molecule has 0 unspecified atom stereocenters. The molecule has 6 nitrogen and oxygen atoms in total. The highest BCUT2D eigenvalue weighted by atomic mass is 79.9. The molecule has 0 atom stereocenters. The van der Waals surface area contributed by atoms with Crippen LogP contribution in [0.3, 0.4) is 0 Å². The Balaban J connectivity index is 1.67. The van der Waals surface area contributed by atoms with Crippen LogP contribution in [0.5, 0.6) is 17.4 Å². The van der Waals surface area contributed by atoms with E-state index in [9.17, 15) is 4.79 Å². The van der Waals surface area contributed by atoms with Gasteiger partial charge in [-0.25, -0.2) is 9.97 Å². The van der Waals surface area contributed by atoms with E-state index in [1.807, 2.05) is 30.3 Å². The van der Waals surface area contributed by atoms with E-state index < -0.39 is 0 Å². The number of halogens is 2. The quantitative estimate of drug-likeness (QED) is 0.440. The van der Waals surface area contributed by atoms with Crippen molar-refractivity contribution in [1.29, 1.82) is 0 Å². The van der Waals surface area contributed by atoms with Crippen LogP contribution >= 0.6 is 27.5 Å². The summed E-state index contributed by atoms with van der Waals surface area (Å²) in [7, 11) is 0. The Kier molecular flexibility index (Phi) is 7.43. The first kappa shape index (κ1) is 21.1. The van der Waals surface area contributed by atoms with Gasteiger partial charge in [-0.05, 0) is 58.7 Å². The van der Waals surface area contributed by atoms with E-state index in [0.717, 1.165) is 17.7 Å². The average molecular weight is 477 g/mol. The minimum absolute atomic E-state index is 0.138. The molecule has 2 aromatic heterocycles. The van der Waals surface area contributed by atoms with Crippen molar-refractivity contribution in [1.82, 2.24) is 15.3 Å². The van der Waals surface area contributed by atoms with Crippen molar-refractivity contribution < 1.29 is 14.3 Å². The zero-order valence-corrected chi connectivity index (χ0v) is 18.0. The van der Waals surface area contributed by atoms with Gasteiger partial charge in [-0.2, -0.15) is 0 Å². The molecule has 0 saturated carbocycles. The Morgan fingerprint density at radius 1 is 1.17 bits per heavy atom. The Morgan fingerprint density at radius 2 is 1.93 bits per heavy atom. The molecule has 150 valence electrons. The number of amides is 1. The molecular weight excluding hydrogens is 458 g/mol. The van der Waals surface area contributed by atoms with Gasteiger partial charge in [-0.15, -0.1) is 0 Å². The van der Waals surface area contributed by atoms with Crippen LogP contribution in [0.25, 0.3) is 0 Å². The van der Waals surface area contributed by atoms with Crippen molar-refractivity contribution in [2.24, 2.45) is 0 Å². The zero-order chi connectivity index (χ0) is 20.6. The van der Waals surface area contributed by atoms with Crippen molar-refractivity contribution >= 4 is 33.4 Å². The maximum absolute atomic E-state index is 12.5. The number of pyridine rings is 2. The lowest BCUT2D eigenvalue weighted by atomic mass is 10.2. The minimum atomic E-state index is -0.337. The summed E-state index contributed by atoms with van der Waals surface area (Å²) in [6.45, 7) is 2.95. The third-order valence-corrected chi connectivity index (χ3v) is 4.59. The fourth-order valence-electron chi connectivity index (χ4n) is 2.44. The fraction of sp³-hybridized carbons (Fsp3) is 0.190. The summed E-state index contributed by atoms with van der Waals surface area (Å²) in [4.78, 5) is 20.7. The molecule has 8 heteroatoms. The van der Waals surface area contributed by atoms with E-state index in [1.54, 1.807) is 18.3 Å². The van der Waals surface area contributed by atoms with Crippen LogP contribution in [-0.2, 0) is 6.54 Å². The number of carbonyl (C=O) groups excluding carboxylic acids is 1. The van der Waals surface area contributed by atoms with Crippen LogP contribution in [0.15, 0.2) is 59.3 Å². The summed E-state index contributed by atoms with van der Waals surface area (Å²) in [5.74, 6) is 1.48. The minimum Gasteiger partial charge on any atom is -0.494 e. The number of nitrogens with one attached hydrogen (secondary N) is 1. The molecule has 3 aromatic rings. The molecule has 1 aromatic carbocycles. The van der Waals surface area contributed by atoms with E-state index in [-0.39, 0.29) is 23.2 Å². The molecule has 0 bridgehead atoms. The second kappa shape index (κ2) is 10.2. The Hall–Kier alpha value is -2.64. The topological polar surface area (TPSA) is 73.3 Å². The van der Waals surface area contributed by atoms with Gasteiger partial charge in [0.25, 0.3) is 5.91 Å². The van der Waals surface area contributed by atoms with Crippen molar-refractivity contribution in [3.8, 4) is 17.4 Å². The SMILES string of the molecule is CCCOc1ccc(Oc2ncccc2CNC(=O)c2cc(Br)cnc2Cl)cc1. The van der Waals surface area contributed by atoms with Gasteiger partial charge in [0.1, 0.15) is 16.7 Å². The van der Waals surface area contributed by atoms with E-state index in [2.05, 4.69) is 38.1 Å². The number of carbonyl (C=O) groups is 1. The largest absolute Gasteiger partial charge is 0.494 e. The van der Waals surface area contributed by atoms with Crippen LogP contribution in [0, 0.1) is 0 Å². The second-order valence-corrected chi connectivity index (χ2v) is 7.34. The van der Waals surface area contributed by atoms with Gasteiger partial charge in [0, 0.05) is 29.0 Å². The highest BCUT2D eigenvalue weighted by Crippen LogP contribution is 2.25. The predicted molar refractivity (Wildman–Crippen MR) is 115 cm³/mol. The molecule has 1 N–H and O–H groups in total. The highest BCUT2D eigenvalue weighted by Gasteiger charge is 2.14. The number of nitrogens with zero attached hydrogens (tertiary/aromatic N) is 2. The number of benzene rings is 1. The summed E-state index contributed by atoms with van der Waals surface area (Å²) in [5.41, 5.74) is 1.02. The van der Waals surface area contributed by atoms with Gasteiger partial charge >= 0.3 is 0 Å². The summed E-state index contributed by atoms with van der Waals surface area (Å²) in [6.07, 6.45) is 4.11. The molecule has 1 amide bonds. The third kappa shape index (κ3) is 5.92. The first-order chi connectivity index (χ1) is 14.1. The third-order valence-electron chi connectivity index (χ3n) is 3.85. The number of rotatable bonds is 8. The van der Waals surface area contributed by atoms with Gasteiger partial charge in [0.2, 0.25) is 5.88 Å². The van der Waals surface area contributed by atoms with Gasteiger partial charge in [0.15, 0.2) is 0 Å². The smallest absolute Gasteiger partial charge is 0.254 e. The molecular formula is C21H19BrClN3O3. The van der Waals surface area contributed by atoms with Crippen LogP contribution in [-0.4, -0.2) is 22.5 Å². The van der Waals surface area contributed by atoms with Crippen LogP contribution in [0.4, 0.5) is 0 Å². The number of aromatic nitrogens is 2. The maximum atomic E-state index is 12.5. The molecule has 29 heavy (non-hydrogen) atoms. The maximum Gasteiger partial charge on any atom is 0.254 e. The lowest BCUT2D eigenvalue weighted by Crippen LogP contribution is -2.23. The van der Waals surface area contributed by atoms with Crippen LogP contribution in [0.1, 0.15) is 29.3 Å². The molecule has 0 aliphatic carbocycles. The van der Waals surface area contributed by atoms with Gasteiger partial charge < -0.3 is 14.8 Å². The van der Waals surface area contributed by atoms with Crippen molar-refractivity contribution in [2.45, 2.75) is 19.9 Å². The van der Waals surface area contributed by atoms with Gasteiger partial charge in [-0.1, -0.05) is 24.6 Å². The summed E-state index contributed by atoms with van der Waals surface area (Å²) in [5, 5.41) is 2.96. The first-order valence-electron chi connectivity index (χ1n) is 9.00. The van der Waals surface area contributed by atoms with E-state index in [4.69, 9.17) is 21.1 Å².